The molecule has 7 heteroatoms. The molecular weight excluding hydrogens is 301 g/mol. The van der Waals surface area contributed by atoms with Crippen LogP contribution in [0.3, 0.4) is 0 Å². The largest absolute Gasteiger partial charge is 0.322 e. The fourth-order valence-corrected chi connectivity index (χ4v) is 2.28. The van der Waals surface area contributed by atoms with Gasteiger partial charge in [-0.3, -0.25) is 14.9 Å². The molecule has 3 rings (SSSR count). The van der Waals surface area contributed by atoms with Crippen LogP contribution in [0.1, 0.15) is 22.0 Å². The number of carbonyl (C=O) groups is 3. The average Bonchev–Trinajstić information content (AvgIpc) is 2.86. The summed E-state index contributed by atoms with van der Waals surface area (Å²) in [6.07, 6.45) is 0. The topological polar surface area (TPSA) is 87.3 Å². The zero-order valence-corrected chi connectivity index (χ0v) is 11.8. The van der Waals surface area contributed by atoms with Gasteiger partial charge in [0, 0.05) is 11.3 Å². The van der Waals surface area contributed by atoms with Crippen LogP contribution in [0.2, 0.25) is 0 Å². The van der Waals surface area contributed by atoms with Crippen molar-refractivity contribution in [2.75, 3.05) is 5.32 Å². The van der Waals surface area contributed by atoms with E-state index in [1.165, 1.54) is 18.2 Å². The number of rotatable bonds is 3. The molecule has 0 spiro atoms. The number of carbonyl (C=O) groups excluding carboxylic acids is 3. The second kappa shape index (κ2) is 5.88. The molecule has 3 N–H and O–H groups in total. The molecule has 0 saturated carbocycles. The molecule has 23 heavy (non-hydrogen) atoms. The van der Waals surface area contributed by atoms with E-state index in [2.05, 4.69) is 16.0 Å². The van der Waals surface area contributed by atoms with Crippen LogP contribution >= 0.6 is 0 Å². The molecule has 0 aliphatic carbocycles. The number of amides is 4. The Hall–Kier alpha value is -3.22. The summed E-state index contributed by atoms with van der Waals surface area (Å²) in [4.78, 5) is 34.9. The minimum Gasteiger partial charge on any atom is -0.322 e. The smallest absolute Gasteiger partial charge is 0.322 e. The third kappa shape index (κ3) is 3.18. The number of urea groups is 1. The van der Waals surface area contributed by atoms with Gasteiger partial charge in [-0.2, -0.15) is 0 Å². The Balaban J connectivity index is 1.79. The van der Waals surface area contributed by atoms with Gasteiger partial charge >= 0.3 is 6.03 Å². The van der Waals surface area contributed by atoms with Crippen LogP contribution in [0, 0.1) is 5.82 Å². The molecular formula is C16H12FN3O3. The Morgan fingerprint density at radius 1 is 1.09 bits per heavy atom. The van der Waals surface area contributed by atoms with E-state index >= 15 is 0 Å². The first kappa shape index (κ1) is 14.7. The molecule has 1 heterocycles. The molecule has 116 valence electrons. The second-order valence-corrected chi connectivity index (χ2v) is 4.99. The number of hydrogen-bond acceptors (Lipinski definition) is 3. The lowest BCUT2D eigenvalue weighted by Crippen LogP contribution is -2.22. The number of anilines is 1. The maximum atomic E-state index is 13.1. The van der Waals surface area contributed by atoms with E-state index in [-0.39, 0.29) is 5.56 Å². The molecule has 0 radical (unpaired) electrons. The Morgan fingerprint density at radius 2 is 1.87 bits per heavy atom. The minimum absolute atomic E-state index is 0.183. The highest BCUT2D eigenvalue weighted by molar-refractivity contribution is 6.05. The summed E-state index contributed by atoms with van der Waals surface area (Å²) in [5.41, 5.74) is 1.15. The third-order valence-corrected chi connectivity index (χ3v) is 3.34. The van der Waals surface area contributed by atoms with Gasteiger partial charge in [-0.15, -0.1) is 0 Å². The van der Waals surface area contributed by atoms with E-state index in [4.69, 9.17) is 0 Å². The maximum absolute atomic E-state index is 13.1. The van der Waals surface area contributed by atoms with E-state index < -0.39 is 29.7 Å². The number of imide groups is 1. The van der Waals surface area contributed by atoms with Gasteiger partial charge in [0.25, 0.3) is 11.8 Å². The number of nitrogens with one attached hydrogen (secondary N) is 3. The highest BCUT2D eigenvalue weighted by atomic mass is 19.1. The van der Waals surface area contributed by atoms with Gasteiger partial charge in [-0.1, -0.05) is 18.2 Å². The molecule has 0 bridgehead atoms. The lowest BCUT2D eigenvalue weighted by atomic mass is 10.1. The zero-order chi connectivity index (χ0) is 16.4. The van der Waals surface area contributed by atoms with Crippen molar-refractivity contribution < 1.29 is 18.8 Å². The van der Waals surface area contributed by atoms with Gasteiger partial charge < -0.3 is 10.6 Å². The Bertz CT molecular complexity index is 807. The summed E-state index contributed by atoms with van der Waals surface area (Å²) < 4.78 is 13.1. The van der Waals surface area contributed by atoms with Crippen LogP contribution in [0.4, 0.5) is 14.9 Å². The van der Waals surface area contributed by atoms with E-state index in [1.54, 1.807) is 24.3 Å². The summed E-state index contributed by atoms with van der Waals surface area (Å²) in [7, 11) is 0. The van der Waals surface area contributed by atoms with Crippen molar-refractivity contribution >= 4 is 23.5 Å². The Morgan fingerprint density at radius 3 is 2.57 bits per heavy atom. The Kier molecular flexibility index (Phi) is 3.76. The SMILES string of the molecule is O=C1NC(=O)C(c2cccc(NC(=O)c3cccc(F)c3)c2)N1. The fraction of sp³-hybridized carbons (Fsp3) is 0.0625. The number of halogens is 1. The molecule has 2 aromatic rings. The van der Waals surface area contributed by atoms with Crippen molar-refractivity contribution in [2.45, 2.75) is 6.04 Å². The summed E-state index contributed by atoms with van der Waals surface area (Å²) in [6.45, 7) is 0. The summed E-state index contributed by atoms with van der Waals surface area (Å²) in [5, 5.41) is 7.24. The first-order valence-corrected chi connectivity index (χ1v) is 6.81. The summed E-state index contributed by atoms with van der Waals surface area (Å²) in [5.74, 6) is -1.43. The maximum Gasteiger partial charge on any atom is 0.322 e. The van der Waals surface area contributed by atoms with Crippen LogP contribution < -0.4 is 16.0 Å². The molecule has 1 fully saturated rings. The molecule has 2 aromatic carbocycles. The van der Waals surface area contributed by atoms with Gasteiger partial charge in [0.2, 0.25) is 0 Å². The molecule has 4 amide bonds. The zero-order valence-electron chi connectivity index (χ0n) is 11.8. The number of hydrogen-bond donors (Lipinski definition) is 3. The van der Waals surface area contributed by atoms with E-state index in [0.29, 0.717) is 11.3 Å². The second-order valence-electron chi connectivity index (χ2n) is 4.99. The first-order valence-electron chi connectivity index (χ1n) is 6.81. The van der Waals surface area contributed by atoms with Gasteiger partial charge in [0.05, 0.1) is 0 Å². The number of benzene rings is 2. The molecule has 1 saturated heterocycles. The van der Waals surface area contributed by atoms with Crippen LogP contribution in [0.25, 0.3) is 0 Å². The normalized spacial score (nSPS) is 16.7. The van der Waals surface area contributed by atoms with Crippen LogP contribution in [-0.4, -0.2) is 17.8 Å². The fourth-order valence-electron chi connectivity index (χ4n) is 2.28. The van der Waals surface area contributed by atoms with E-state index in [0.717, 1.165) is 6.07 Å². The van der Waals surface area contributed by atoms with Crippen molar-refractivity contribution in [3.05, 3.63) is 65.5 Å². The average molecular weight is 313 g/mol. The van der Waals surface area contributed by atoms with Gasteiger partial charge in [0.15, 0.2) is 0 Å². The van der Waals surface area contributed by atoms with Crippen LogP contribution in [-0.2, 0) is 4.79 Å². The predicted octanol–water partition coefficient (Wildman–Crippen LogP) is 1.96. The van der Waals surface area contributed by atoms with Crippen molar-refractivity contribution in [1.82, 2.24) is 10.6 Å². The molecule has 6 nitrogen and oxygen atoms in total. The molecule has 1 aliphatic heterocycles. The van der Waals surface area contributed by atoms with Crippen molar-refractivity contribution in [3.8, 4) is 0 Å². The van der Waals surface area contributed by atoms with Gasteiger partial charge in [-0.25, -0.2) is 9.18 Å². The Labute approximate surface area is 130 Å². The quantitative estimate of drug-likeness (QED) is 0.757. The molecule has 0 aromatic heterocycles. The lowest BCUT2D eigenvalue weighted by molar-refractivity contribution is -0.120. The lowest BCUT2D eigenvalue weighted by Gasteiger charge is -2.10. The minimum atomic E-state index is -0.798. The first-order chi connectivity index (χ1) is 11.0. The van der Waals surface area contributed by atoms with E-state index in [9.17, 15) is 18.8 Å². The van der Waals surface area contributed by atoms with E-state index in [1.807, 2.05) is 0 Å². The van der Waals surface area contributed by atoms with Crippen molar-refractivity contribution in [3.63, 3.8) is 0 Å². The third-order valence-electron chi connectivity index (χ3n) is 3.34. The van der Waals surface area contributed by atoms with Crippen molar-refractivity contribution in [1.29, 1.82) is 0 Å². The summed E-state index contributed by atoms with van der Waals surface area (Å²) in [6, 6.07) is 10.5. The molecule has 1 aliphatic rings. The standard InChI is InChI=1S/C16H12FN3O3/c17-11-5-1-4-10(7-11)14(21)18-12-6-2-3-9(8-12)13-15(22)20-16(23)19-13/h1-8,13H,(H,18,21)(H2,19,20,22,23). The van der Waals surface area contributed by atoms with Crippen LogP contribution in [0.15, 0.2) is 48.5 Å². The monoisotopic (exact) mass is 313 g/mol. The van der Waals surface area contributed by atoms with Gasteiger partial charge in [-0.05, 0) is 35.9 Å². The van der Waals surface area contributed by atoms with Crippen molar-refractivity contribution in [2.24, 2.45) is 0 Å². The summed E-state index contributed by atoms with van der Waals surface area (Å²) >= 11 is 0. The highest BCUT2D eigenvalue weighted by Gasteiger charge is 2.30. The van der Waals surface area contributed by atoms with Gasteiger partial charge in [0.1, 0.15) is 11.9 Å². The molecule has 1 unspecified atom stereocenters. The molecule has 1 atom stereocenters. The van der Waals surface area contributed by atoms with Crippen LogP contribution in [0.5, 0.6) is 0 Å². The highest BCUT2D eigenvalue weighted by Crippen LogP contribution is 2.20. The predicted molar refractivity (Wildman–Crippen MR) is 80.2 cm³/mol.